The number of alkyl halides is 2. The zero-order valence-electron chi connectivity index (χ0n) is 12.1. The molecule has 21 heavy (non-hydrogen) atoms. The van der Waals surface area contributed by atoms with Gasteiger partial charge in [-0.3, -0.25) is 0 Å². The van der Waals surface area contributed by atoms with Crippen molar-refractivity contribution in [1.82, 2.24) is 5.32 Å². The molecule has 1 aliphatic rings. The van der Waals surface area contributed by atoms with Gasteiger partial charge in [0.05, 0.1) is 6.04 Å². The lowest BCUT2D eigenvalue weighted by Gasteiger charge is -2.38. The van der Waals surface area contributed by atoms with Gasteiger partial charge in [0.25, 0.3) is 0 Å². The van der Waals surface area contributed by atoms with E-state index in [1.54, 1.807) is 6.08 Å². The van der Waals surface area contributed by atoms with E-state index in [-0.39, 0.29) is 23.9 Å². The molecule has 1 fully saturated rings. The molecule has 0 radical (unpaired) electrons. The Labute approximate surface area is 121 Å². The van der Waals surface area contributed by atoms with Crippen molar-refractivity contribution in [2.45, 2.75) is 45.3 Å². The number of aliphatic imine (C=N–C) groups is 1. The van der Waals surface area contributed by atoms with Crippen LogP contribution in [0.3, 0.4) is 0 Å². The summed E-state index contributed by atoms with van der Waals surface area (Å²) in [5.41, 5.74) is -0.0301. The van der Waals surface area contributed by atoms with Gasteiger partial charge in [-0.05, 0) is 30.6 Å². The van der Waals surface area contributed by atoms with Gasteiger partial charge in [-0.25, -0.2) is 14.6 Å². The van der Waals surface area contributed by atoms with Crippen LogP contribution in [-0.4, -0.2) is 42.6 Å². The van der Waals surface area contributed by atoms with Crippen molar-refractivity contribution in [3.05, 3.63) is 0 Å². The van der Waals surface area contributed by atoms with Gasteiger partial charge in [0.2, 0.25) is 6.08 Å². The summed E-state index contributed by atoms with van der Waals surface area (Å²) >= 11 is 0. The topological polar surface area (TPSA) is 88.0 Å². The molecule has 0 aromatic carbocycles. The molecule has 1 amide bonds. The number of hydrogen-bond donors (Lipinski definition) is 2. The summed E-state index contributed by atoms with van der Waals surface area (Å²) in [4.78, 5) is 25.3. The third-order valence-electron chi connectivity index (χ3n) is 3.38. The Balaban J connectivity index is 2.43. The van der Waals surface area contributed by atoms with Crippen LogP contribution in [0.1, 0.15) is 33.1 Å². The van der Waals surface area contributed by atoms with Crippen LogP contribution in [0.5, 0.6) is 0 Å². The zero-order valence-corrected chi connectivity index (χ0v) is 12.1. The van der Waals surface area contributed by atoms with E-state index in [0.29, 0.717) is 6.42 Å². The number of ether oxygens (including phenoxy) is 1. The van der Waals surface area contributed by atoms with Gasteiger partial charge >= 0.3 is 12.2 Å². The molecule has 1 saturated carbocycles. The molecular formula is C13H20F2N2O4. The maximum atomic E-state index is 12.1. The molecule has 0 heterocycles. The molecule has 0 spiro atoms. The number of alkyl carbamates (subject to hydrolysis) is 1. The third-order valence-corrected chi connectivity index (χ3v) is 3.38. The van der Waals surface area contributed by atoms with Gasteiger partial charge in [-0.2, -0.15) is 8.78 Å². The molecule has 0 aromatic heterocycles. The van der Waals surface area contributed by atoms with Crippen LogP contribution in [0.25, 0.3) is 0 Å². The molecule has 0 bridgehead atoms. The summed E-state index contributed by atoms with van der Waals surface area (Å²) in [5, 5.41) is 10.5. The van der Waals surface area contributed by atoms with Crippen LogP contribution in [0.2, 0.25) is 0 Å². The van der Waals surface area contributed by atoms with E-state index >= 15 is 0 Å². The summed E-state index contributed by atoms with van der Waals surface area (Å²) in [6.07, 6.45) is -1.30. The zero-order chi connectivity index (χ0) is 16.1. The van der Waals surface area contributed by atoms with Gasteiger partial charge in [0, 0.05) is 6.54 Å². The van der Waals surface area contributed by atoms with Crippen molar-refractivity contribution in [1.29, 1.82) is 0 Å². The number of amides is 1. The SMILES string of the molecule is CC1(C)CC(CNC(=O)OCC(O)(F)F)CC(N=C=O)C1. The number of isocyanates is 1. The largest absolute Gasteiger partial charge is 0.440 e. The molecule has 120 valence electrons. The average Bonchev–Trinajstić information content (AvgIpc) is 2.31. The van der Waals surface area contributed by atoms with Gasteiger partial charge < -0.3 is 15.2 Å². The lowest BCUT2D eigenvalue weighted by atomic mass is 9.70. The summed E-state index contributed by atoms with van der Waals surface area (Å²) in [6, 6.07) is -0.143. The Bertz CT molecular complexity index is 417. The molecule has 0 saturated heterocycles. The Kier molecular flexibility index (Phi) is 5.80. The van der Waals surface area contributed by atoms with E-state index < -0.39 is 18.8 Å². The first-order chi connectivity index (χ1) is 9.61. The second kappa shape index (κ2) is 6.95. The molecule has 1 aliphatic carbocycles. The number of nitrogens with zero attached hydrogens (tertiary/aromatic N) is 1. The van der Waals surface area contributed by atoms with E-state index in [4.69, 9.17) is 5.11 Å². The van der Waals surface area contributed by atoms with Crippen LogP contribution in [0, 0.1) is 11.3 Å². The van der Waals surface area contributed by atoms with Crippen molar-refractivity contribution < 1.29 is 28.2 Å². The first kappa shape index (κ1) is 17.5. The minimum Gasteiger partial charge on any atom is -0.440 e. The molecule has 0 aromatic rings. The van der Waals surface area contributed by atoms with Crippen molar-refractivity contribution in [3.63, 3.8) is 0 Å². The van der Waals surface area contributed by atoms with Crippen molar-refractivity contribution >= 4 is 12.2 Å². The predicted octanol–water partition coefficient (Wildman–Crippen LogP) is 1.83. The molecule has 1 rings (SSSR count). The highest BCUT2D eigenvalue weighted by atomic mass is 19.3. The van der Waals surface area contributed by atoms with Crippen molar-refractivity contribution in [2.75, 3.05) is 13.2 Å². The van der Waals surface area contributed by atoms with E-state index in [2.05, 4.69) is 15.0 Å². The first-order valence-corrected chi connectivity index (χ1v) is 6.69. The molecule has 2 atom stereocenters. The maximum Gasteiger partial charge on any atom is 0.407 e. The van der Waals surface area contributed by atoms with E-state index in [1.807, 2.05) is 13.8 Å². The van der Waals surface area contributed by atoms with Crippen molar-refractivity contribution in [2.24, 2.45) is 16.3 Å². The first-order valence-electron chi connectivity index (χ1n) is 6.69. The van der Waals surface area contributed by atoms with Crippen molar-refractivity contribution in [3.8, 4) is 0 Å². The quantitative estimate of drug-likeness (QED) is 0.599. The van der Waals surface area contributed by atoms with Crippen LogP contribution in [0.4, 0.5) is 13.6 Å². The fourth-order valence-corrected chi connectivity index (χ4v) is 2.81. The maximum absolute atomic E-state index is 12.1. The standard InChI is InChI=1S/C13H20F2N2O4/c1-12(2)4-9(3-10(5-12)17-8-18)6-16-11(19)21-7-13(14,15)20/h9-10,20H,3-7H2,1-2H3,(H,16,19). The van der Waals surface area contributed by atoms with Gasteiger partial charge in [-0.15, -0.1) is 0 Å². The lowest BCUT2D eigenvalue weighted by molar-refractivity contribution is -0.221. The highest BCUT2D eigenvalue weighted by Crippen LogP contribution is 2.39. The van der Waals surface area contributed by atoms with E-state index in [9.17, 15) is 18.4 Å². The van der Waals surface area contributed by atoms with Gasteiger partial charge in [0.15, 0.2) is 6.61 Å². The van der Waals surface area contributed by atoms with Crippen LogP contribution < -0.4 is 5.32 Å². The molecule has 0 aliphatic heterocycles. The molecule has 8 heteroatoms. The predicted molar refractivity (Wildman–Crippen MR) is 69.5 cm³/mol. The Hall–Kier alpha value is -1.53. The Morgan fingerprint density at radius 3 is 2.76 bits per heavy atom. The van der Waals surface area contributed by atoms with E-state index in [0.717, 1.165) is 12.8 Å². The third kappa shape index (κ3) is 7.15. The van der Waals surface area contributed by atoms with Crippen LogP contribution in [-0.2, 0) is 9.53 Å². The highest BCUT2D eigenvalue weighted by Gasteiger charge is 2.34. The fourth-order valence-electron chi connectivity index (χ4n) is 2.81. The minimum atomic E-state index is -4.03. The number of hydrogen-bond acceptors (Lipinski definition) is 5. The number of carbonyl (C=O) groups excluding carboxylic acids is 2. The van der Waals surface area contributed by atoms with Crippen LogP contribution >= 0.6 is 0 Å². The van der Waals surface area contributed by atoms with Crippen LogP contribution in [0.15, 0.2) is 4.99 Å². The number of aliphatic hydroxyl groups is 1. The molecule has 2 unspecified atom stereocenters. The Morgan fingerprint density at radius 2 is 2.19 bits per heavy atom. The number of rotatable bonds is 5. The molecule has 6 nitrogen and oxygen atoms in total. The summed E-state index contributed by atoms with van der Waals surface area (Å²) in [7, 11) is 0. The number of halogens is 2. The smallest absolute Gasteiger partial charge is 0.407 e. The number of nitrogens with one attached hydrogen (secondary N) is 1. The second-order valence-electron chi connectivity index (χ2n) is 6.17. The van der Waals surface area contributed by atoms with E-state index in [1.165, 1.54) is 0 Å². The highest BCUT2D eigenvalue weighted by molar-refractivity contribution is 5.67. The normalized spacial score (nSPS) is 24.8. The monoisotopic (exact) mass is 306 g/mol. The summed E-state index contributed by atoms with van der Waals surface area (Å²) in [6.45, 7) is 2.94. The fraction of sp³-hybridized carbons (Fsp3) is 0.846. The lowest BCUT2D eigenvalue weighted by Crippen LogP contribution is -2.39. The minimum absolute atomic E-state index is 0.0301. The Morgan fingerprint density at radius 1 is 1.52 bits per heavy atom. The molecular weight excluding hydrogens is 286 g/mol. The summed E-state index contributed by atoms with van der Waals surface area (Å²) in [5.74, 6) is 0.0676. The van der Waals surface area contributed by atoms with Gasteiger partial charge in [-0.1, -0.05) is 13.8 Å². The second-order valence-corrected chi connectivity index (χ2v) is 6.17. The molecule has 2 N–H and O–H groups in total. The average molecular weight is 306 g/mol. The van der Waals surface area contributed by atoms with Gasteiger partial charge in [0.1, 0.15) is 0 Å². The summed E-state index contributed by atoms with van der Waals surface area (Å²) < 4.78 is 28.4. The number of carbonyl (C=O) groups is 1.